The quantitative estimate of drug-likeness (QED) is 0.634. The van der Waals surface area contributed by atoms with E-state index < -0.39 is 5.97 Å². The number of ether oxygens (including phenoxy) is 1. The van der Waals surface area contributed by atoms with E-state index in [1.165, 1.54) is 7.11 Å². The van der Waals surface area contributed by atoms with Gasteiger partial charge in [-0.05, 0) is 59.0 Å². The lowest BCUT2D eigenvalue weighted by Gasteiger charge is -2.16. The second-order valence-electron chi connectivity index (χ2n) is 4.24. The molecule has 2 aromatic rings. The number of methoxy groups -OCH3 is 1. The fraction of sp³-hybridized carbons (Fsp3) is 0.267. The lowest BCUT2D eigenvalue weighted by Crippen LogP contribution is -2.21. The van der Waals surface area contributed by atoms with Gasteiger partial charge in [0, 0.05) is 3.57 Å². The maximum atomic E-state index is 11.5. The van der Waals surface area contributed by atoms with Crippen molar-refractivity contribution in [3.63, 3.8) is 0 Å². The Labute approximate surface area is 131 Å². The van der Waals surface area contributed by atoms with Crippen molar-refractivity contribution in [1.82, 2.24) is 5.32 Å². The highest BCUT2D eigenvalue weighted by atomic mass is 127. The summed E-state index contributed by atoms with van der Waals surface area (Å²) in [5, 5.41) is 3.36. The zero-order valence-corrected chi connectivity index (χ0v) is 13.5. The average Bonchev–Trinajstić information content (AvgIpc) is 2.93. The summed E-state index contributed by atoms with van der Waals surface area (Å²) in [6, 6.07) is 11.5. The molecule has 1 N–H and O–H groups in total. The number of halogens is 1. The second kappa shape index (κ2) is 6.90. The highest BCUT2D eigenvalue weighted by Crippen LogP contribution is 2.25. The fourth-order valence-electron chi connectivity index (χ4n) is 1.99. The van der Waals surface area contributed by atoms with Crippen molar-refractivity contribution in [2.45, 2.75) is 13.0 Å². The molecule has 0 aliphatic rings. The molecule has 0 radical (unpaired) electrons. The van der Waals surface area contributed by atoms with E-state index >= 15 is 0 Å². The third-order valence-corrected chi connectivity index (χ3v) is 3.56. The van der Waals surface area contributed by atoms with Gasteiger partial charge in [0.25, 0.3) is 0 Å². The van der Waals surface area contributed by atoms with Gasteiger partial charge in [0.2, 0.25) is 5.76 Å². The van der Waals surface area contributed by atoms with Gasteiger partial charge in [-0.15, -0.1) is 0 Å². The summed E-state index contributed by atoms with van der Waals surface area (Å²) in [6.45, 7) is 2.83. The Kier molecular flexibility index (Phi) is 5.19. The van der Waals surface area contributed by atoms with Crippen LogP contribution in [0.25, 0.3) is 0 Å². The van der Waals surface area contributed by atoms with E-state index in [0.717, 1.165) is 15.7 Å². The number of rotatable bonds is 5. The summed E-state index contributed by atoms with van der Waals surface area (Å²) in [5.74, 6) is 0.458. The molecular formula is C15H16INO3. The SMILES string of the molecule is CCNC(c1cccc(I)c1)c1ccc(C(=O)OC)o1. The number of esters is 1. The van der Waals surface area contributed by atoms with Crippen LogP contribution >= 0.6 is 22.6 Å². The van der Waals surface area contributed by atoms with Crippen LogP contribution in [0.2, 0.25) is 0 Å². The molecule has 0 fully saturated rings. The van der Waals surface area contributed by atoms with Crippen LogP contribution < -0.4 is 5.32 Å². The summed E-state index contributed by atoms with van der Waals surface area (Å²) in [7, 11) is 1.34. The van der Waals surface area contributed by atoms with E-state index in [1.54, 1.807) is 12.1 Å². The first kappa shape index (κ1) is 15.1. The molecule has 0 aliphatic carbocycles. The van der Waals surface area contributed by atoms with E-state index in [4.69, 9.17) is 4.42 Å². The topological polar surface area (TPSA) is 51.5 Å². The number of carbonyl (C=O) groups excluding carboxylic acids is 1. The van der Waals surface area contributed by atoms with Gasteiger partial charge in [-0.25, -0.2) is 4.79 Å². The normalized spacial score (nSPS) is 12.2. The summed E-state index contributed by atoms with van der Waals surface area (Å²) in [6.07, 6.45) is 0. The first-order chi connectivity index (χ1) is 9.65. The Morgan fingerprint density at radius 2 is 2.20 bits per heavy atom. The Morgan fingerprint density at radius 3 is 2.85 bits per heavy atom. The third kappa shape index (κ3) is 3.40. The second-order valence-corrected chi connectivity index (χ2v) is 5.48. The molecule has 0 spiro atoms. The predicted molar refractivity (Wildman–Crippen MR) is 84.7 cm³/mol. The molecule has 0 saturated heterocycles. The minimum Gasteiger partial charge on any atom is -0.463 e. The molecule has 0 amide bonds. The van der Waals surface area contributed by atoms with Crippen LogP contribution in [0.15, 0.2) is 40.8 Å². The molecule has 20 heavy (non-hydrogen) atoms. The van der Waals surface area contributed by atoms with Gasteiger partial charge >= 0.3 is 5.97 Å². The molecule has 5 heteroatoms. The van der Waals surface area contributed by atoms with Gasteiger partial charge in [-0.3, -0.25) is 0 Å². The molecule has 0 bridgehead atoms. The summed E-state index contributed by atoms with van der Waals surface area (Å²) >= 11 is 2.28. The van der Waals surface area contributed by atoms with Gasteiger partial charge in [0.15, 0.2) is 0 Å². The van der Waals surface area contributed by atoms with Gasteiger partial charge < -0.3 is 14.5 Å². The van der Waals surface area contributed by atoms with Crippen molar-refractivity contribution in [1.29, 1.82) is 0 Å². The summed E-state index contributed by atoms with van der Waals surface area (Å²) in [5.41, 5.74) is 1.10. The maximum absolute atomic E-state index is 11.5. The molecule has 1 atom stereocenters. The molecule has 0 saturated carbocycles. The van der Waals surface area contributed by atoms with E-state index in [2.05, 4.69) is 38.7 Å². The van der Waals surface area contributed by atoms with Gasteiger partial charge in [0.1, 0.15) is 5.76 Å². The Hall–Kier alpha value is -1.34. The number of nitrogens with one attached hydrogen (secondary N) is 1. The minimum atomic E-state index is -0.464. The fourth-order valence-corrected chi connectivity index (χ4v) is 2.56. The Bertz CT molecular complexity index is 594. The van der Waals surface area contributed by atoms with Gasteiger partial charge in [-0.1, -0.05) is 19.1 Å². The maximum Gasteiger partial charge on any atom is 0.373 e. The number of furan rings is 1. The molecule has 1 unspecified atom stereocenters. The average molecular weight is 385 g/mol. The highest BCUT2D eigenvalue weighted by molar-refractivity contribution is 14.1. The van der Waals surface area contributed by atoms with Crippen molar-refractivity contribution >= 4 is 28.6 Å². The monoisotopic (exact) mass is 385 g/mol. The van der Waals surface area contributed by atoms with Gasteiger partial charge in [-0.2, -0.15) is 0 Å². The molecule has 1 heterocycles. The van der Waals surface area contributed by atoms with Crippen LogP contribution in [0.1, 0.15) is 34.8 Å². The summed E-state index contributed by atoms with van der Waals surface area (Å²) in [4.78, 5) is 11.5. The van der Waals surface area contributed by atoms with Crippen molar-refractivity contribution < 1.29 is 13.9 Å². The summed E-state index contributed by atoms with van der Waals surface area (Å²) < 4.78 is 11.4. The van der Waals surface area contributed by atoms with Crippen molar-refractivity contribution in [2.75, 3.05) is 13.7 Å². The van der Waals surface area contributed by atoms with Crippen LogP contribution in [-0.2, 0) is 4.74 Å². The van der Waals surface area contributed by atoms with Crippen molar-refractivity contribution in [2.24, 2.45) is 0 Å². The van der Waals surface area contributed by atoms with Crippen LogP contribution in [0.5, 0.6) is 0 Å². The first-order valence-electron chi connectivity index (χ1n) is 6.32. The van der Waals surface area contributed by atoms with Crippen LogP contribution in [0.3, 0.4) is 0 Å². The zero-order valence-electron chi connectivity index (χ0n) is 11.4. The van der Waals surface area contributed by atoms with Crippen LogP contribution in [-0.4, -0.2) is 19.6 Å². The number of hydrogen-bond donors (Lipinski definition) is 1. The van der Waals surface area contributed by atoms with Crippen LogP contribution in [0, 0.1) is 3.57 Å². The largest absolute Gasteiger partial charge is 0.463 e. The van der Waals surface area contributed by atoms with Crippen molar-refractivity contribution in [3.05, 3.63) is 57.1 Å². The molecule has 2 rings (SSSR count). The number of carbonyl (C=O) groups is 1. The van der Waals surface area contributed by atoms with Gasteiger partial charge in [0.05, 0.1) is 13.2 Å². The number of benzene rings is 1. The number of hydrogen-bond acceptors (Lipinski definition) is 4. The molecule has 4 nitrogen and oxygen atoms in total. The van der Waals surface area contributed by atoms with Crippen LogP contribution in [0.4, 0.5) is 0 Å². The van der Waals surface area contributed by atoms with E-state index in [1.807, 2.05) is 25.1 Å². The zero-order chi connectivity index (χ0) is 14.5. The molecule has 1 aromatic carbocycles. The lowest BCUT2D eigenvalue weighted by molar-refractivity contribution is 0.0562. The Morgan fingerprint density at radius 1 is 1.40 bits per heavy atom. The molecular weight excluding hydrogens is 369 g/mol. The molecule has 0 aliphatic heterocycles. The first-order valence-corrected chi connectivity index (χ1v) is 7.40. The lowest BCUT2D eigenvalue weighted by atomic mass is 10.0. The highest BCUT2D eigenvalue weighted by Gasteiger charge is 2.19. The Balaban J connectivity index is 2.33. The molecule has 106 valence electrons. The smallest absolute Gasteiger partial charge is 0.373 e. The van der Waals surface area contributed by atoms with Crippen molar-refractivity contribution in [3.8, 4) is 0 Å². The van der Waals surface area contributed by atoms with E-state index in [-0.39, 0.29) is 11.8 Å². The van der Waals surface area contributed by atoms with E-state index in [9.17, 15) is 4.79 Å². The third-order valence-electron chi connectivity index (χ3n) is 2.89. The standard InChI is InChI=1S/C15H16INO3/c1-3-17-14(10-5-4-6-11(16)9-10)12-7-8-13(20-12)15(18)19-2/h4-9,14,17H,3H2,1-2H3. The van der Waals surface area contributed by atoms with E-state index in [0.29, 0.717) is 5.76 Å². The molecule has 1 aromatic heterocycles. The minimum absolute atomic E-state index is 0.0758. The predicted octanol–water partition coefficient (Wildman–Crippen LogP) is 3.37.